The van der Waals surface area contributed by atoms with Gasteiger partial charge in [-0.1, -0.05) is 35.9 Å². The molecule has 0 unspecified atom stereocenters. The molecule has 23 heavy (non-hydrogen) atoms. The average molecular weight is 393 g/mol. The Kier molecular flexibility index (Phi) is 19.6. The topological polar surface area (TPSA) is 0 Å². The van der Waals surface area contributed by atoms with Gasteiger partial charge in [0.2, 0.25) is 0 Å². The van der Waals surface area contributed by atoms with Gasteiger partial charge in [0.05, 0.1) is 0 Å². The van der Waals surface area contributed by atoms with E-state index in [9.17, 15) is 51.8 Å². The molecule has 134 valence electrons. The van der Waals surface area contributed by atoms with Crippen molar-refractivity contribution in [1.82, 2.24) is 0 Å². The van der Waals surface area contributed by atoms with Crippen LogP contribution >= 0.6 is 0 Å². The number of rotatable bonds is 0. The van der Waals surface area contributed by atoms with E-state index in [0.717, 1.165) is 0 Å². The van der Waals surface area contributed by atoms with Crippen molar-refractivity contribution in [3.05, 3.63) is 35.9 Å². The second-order valence-electron chi connectivity index (χ2n) is 3.14. The molecule has 0 saturated heterocycles. The van der Waals surface area contributed by atoms with E-state index >= 15 is 0 Å². The summed E-state index contributed by atoms with van der Waals surface area (Å²) in [5.41, 5.74) is 1.32. The fraction of sp³-hybridized carbons (Fsp3) is 0.143. The molecular weight excluding hydrogens is 384 g/mol. The zero-order chi connectivity index (χ0) is 18.6. The van der Waals surface area contributed by atoms with Crippen LogP contribution in [0.5, 0.6) is 0 Å². The molecule has 0 nitrogen and oxygen atoms in total. The summed E-state index contributed by atoms with van der Waals surface area (Å²) in [6, 6.07) is 10.3. The molecule has 0 radical (unpaired) electrons. The summed E-state index contributed by atoms with van der Waals surface area (Å²) < 4.78 is 117. The van der Waals surface area contributed by atoms with Gasteiger partial charge in [-0.25, -0.2) is 0 Å². The Hall–Kier alpha value is 0.211. The van der Waals surface area contributed by atoms with Gasteiger partial charge in [-0.3, -0.25) is 0 Å². The molecule has 0 fully saturated rings. The van der Waals surface area contributed by atoms with E-state index in [1.807, 2.05) is 18.2 Å². The van der Waals surface area contributed by atoms with Crippen LogP contribution in [0.4, 0.5) is 51.8 Å². The van der Waals surface area contributed by atoms with Gasteiger partial charge in [0.1, 0.15) is 0 Å². The van der Waals surface area contributed by atoms with E-state index in [-0.39, 0.29) is 51.4 Å². The first-order chi connectivity index (χ1) is 9.39. The van der Waals surface area contributed by atoms with Crippen molar-refractivity contribution in [3.63, 3.8) is 0 Å². The number of halogens is 12. The quantitative estimate of drug-likeness (QED) is 0.418. The van der Waals surface area contributed by atoms with Crippen molar-refractivity contribution in [1.29, 1.82) is 0 Å². The van der Waals surface area contributed by atoms with Crippen LogP contribution in [0.3, 0.4) is 0 Å². The van der Waals surface area contributed by atoms with Crippen molar-refractivity contribution in [2.75, 3.05) is 0 Å². The van der Waals surface area contributed by atoms with E-state index in [1.165, 1.54) is 5.56 Å². The second kappa shape index (κ2) is 14.5. The number of benzene rings is 1. The summed E-state index contributed by atoms with van der Waals surface area (Å²) in [6.07, 6.45) is 0. The molecule has 1 rings (SSSR count). The van der Waals surface area contributed by atoms with E-state index in [1.54, 1.807) is 0 Å². The normalized spacial score (nSPS) is 10.5. The van der Waals surface area contributed by atoms with Gasteiger partial charge >= 0.3 is 73.1 Å². The Morgan fingerprint density at radius 2 is 0.696 bits per heavy atom. The molecule has 0 aromatic heterocycles. The predicted molar refractivity (Wildman–Crippen MR) is 68.9 cm³/mol. The average Bonchev–Trinajstić information content (AvgIpc) is 2.09. The molecule has 16 heteroatoms. The standard InChI is InChI=1S/C7H8.3BF4.K.H/c1-7-5-3-2-4-6-7;3*2-1(3,4)5;;/h2-6H,1H3;;;;;/q;3*-1;;. The summed E-state index contributed by atoms with van der Waals surface area (Å²) in [6.45, 7) is 2.08. The third-order valence-corrected chi connectivity index (χ3v) is 0.940. The Bertz CT molecular complexity index is 315. The maximum atomic E-state index is 9.75. The molecule has 0 heterocycles. The van der Waals surface area contributed by atoms with Crippen LogP contribution in [0.25, 0.3) is 0 Å². The predicted octanol–water partition coefficient (Wildman–Crippen LogP) is 5.25. The van der Waals surface area contributed by atoms with Crippen molar-refractivity contribution in [3.8, 4) is 0 Å². The van der Waals surface area contributed by atoms with Crippen LogP contribution in [0.15, 0.2) is 30.3 Å². The zero-order valence-electron chi connectivity index (χ0n) is 10.7. The maximum absolute atomic E-state index is 9.75. The molecular formula is C7H9B3F12K-3. The van der Waals surface area contributed by atoms with Crippen LogP contribution in [-0.4, -0.2) is 73.1 Å². The van der Waals surface area contributed by atoms with Gasteiger partial charge < -0.3 is 51.8 Å². The third kappa shape index (κ3) is 135. The Balaban J connectivity index is -0.000000105. The molecule has 0 atom stereocenters. The molecule has 0 aliphatic heterocycles. The molecule has 0 aliphatic rings. The van der Waals surface area contributed by atoms with Crippen molar-refractivity contribution < 1.29 is 51.8 Å². The molecule has 0 bridgehead atoms. The molecule has 0 spiro atoms. The first-order valence-corrected chi connectivity index (χ1v) is 5.03. The summed E-state index contributed by atoms with van der Waals surface area (Å²) in [5.74, 6) is 0. The van der Waals surface area contributed by atoms with Crippen molar-refractivity contribution in [2.24, 2.45) is 0 Å². The summed E-state index contributed by atoms with van der Waals surface area (Å²) in [7, 11) is -18.0. The van der Waals surface area contributed by atoms with E-state index in [2.05, 4.69) is 19.1 Å². The van der Waals surface area contributed by atoms with Crippen LogP contribution < -0.4 is 0 Å². The second-order valence-corrected chi connectivity index (χ2v) is 3.14. The third-order valence-electron chi connectivity index (χ3n) is 0.940. The first-order valence-electron chi connectivity index (χ1n) is 5.03. The van der Waals surface area contributed by atoms with Crippen molar-refractivity contribution >= 4 is 73.1 Å². The van der Waals surface area contributed by atoms with E-state index < -0.39 is 21.8 Å². The fourth-order valence-corrected chi connectivity index (χ4v) is 0.534. The summed E-state index contributed by atoms with van der Waals surface area (Å²) in [4.78, 5) is 0. The van der Waals surface area contributed by atoms with E-state index in [4.69, 9.17) is 0 Å². The van der Waals surface area contributed by atoms with Crippen LogP contribution in [-0.2, 0) is 0 Å². The number of hydrogen-bond acceptors (Lipinski definition) is 0. The molecule has 0 aliphatic carbocycles. The van der Waals surface area contributed by atoms with Crippen molar-refractivity contribution in [2.45, 2.75) is 6.92 Å². The minimum atomic E-state index is -6.00. The molecule has 0 amide bonds. The van der Waals surface area contributed by atoms with Crippen LogP contribution in [0.1, 0.15) is 5.56 Å². The van der Waals surface area contributed by atoms with Crippen LogP contribution in [0, 0.1) is 6.92 Å². The Morgan fingerprint density at radius 1 is 0.522 bits per heavy atom. The molecule has 0 saturated carbocycles. The first kappa shape index (κ1) is 31.0. The van der Waals surface area contributed by atoms with E-state index in [0.29, 0.717) is 0 Å². The minimum absolute atomic E-state index is 0. The zero-order valence-corrected chi connectivity index (χ0v) is 10.7. The van der Waals surface area contributed by atoms with Gasteiger partial charge in [0.15, 0.2) is 0 Å². The summed E-state index contributed by atoms with van der Waals surface area (Å²) in [5, 5.41) is 0. The van der Waals surface area contributed by atoms with Gasteiger partial charge in [-0.2, -0.15) is 0 Å². The molecule has 1 aromatic carbocycles. The van der Waals surface area contributed by atoms with Gasteiger partial charge in [-0.05, 0) is 6.92 Å². The Labute approximate surface area is 166 Å². The van der Waals surface area contributed by atoms with Gasteiger partial charge in [0, 0.05) is 0 Å². The number of aryl methyl sites for hydroxylation is 1. The number of hydrogen-bond donors (Lipinski definition) is 0. The summed E-state index contributed by atoms with van der Waals surface area (Å²) >= 11 is 0. The SMILES string of the molecule is Cc1ccccc1.F[B-](F)(F)F.F[B-](F)(F)F.F[B-](F)(F)F.[KH]. The Morgan fingerprint density at radius 3 is 0.783 bits per heavy atom. The van der Waals surface area contributed by atoms with Gasteiger partial charge in [0.25, 0.3) is 0 Å². The monoisotopic (exact) mass is 393 g/mol. The molecule has 1 aromatic rings. The van der Waals surface area contributed by atoms with Gasteiger partial charge in [-0.15, -0.1) is 0 Å². The van der Waals surface area contributed by atoms with Crippen LogP contribution in [0.2, 0.25) is 0 Å². The molecule has 0 N–H and O–H groups in total. The fourth-order valence-electron chi connectivity index (χ4n) is 0.534.